The third-order valence-corrected chi connectivity index (χ3v) is 4.56. The van der Waals surface area contributed by atoms with E-state index in [0.29, 0.717) is 22.4 Å². The van der Waals surface area contributed by atoms with Crippen LogP contribution in [0.3, 0.4) is 0 Å². The maximum absolute atomic E-state index is 12.2. The summed E-state index contributed by atoms with van der Waals surface area (Å²) in [5.74, 6) is 0.267. The SMILES string of the molecule is O=C(C[NH+]1CCN(c2ccccc2)CC1)Nc1ncc(Cl)cc1Cl. The maximum atomic E-state index is 12.2. The molecule has 2 N–H and O–H groups in total. The molecule has 0 atom stereocenters. The van der Waals surface area contributed by atoms with E-state index in [1.54, 1.807) is 6.07 Å². The number of pyridine rings is 1. The predicted octanol–water partition coefficient (Wildman–Crippen LogP) is 1.73. The van der Waals surface area contributed by atoms with E-state index in [0.717, 1.165) is 26.2 Å². The van der Waals surface area contributed by atoms with Crippen molar-refractivity contribution in [3.63, 3.8) is 0 Å². The van der Waals surface area contributed by atoms with E-state index in [9.17, 15) is 4.79 Å². The molecule has 0 spiro atoms. The summed E-state index contributed by atoms with van der Waals surface area (Å²) in [7, 11) is 0. The van der Waals surface area contributed by atoms with E-state index in [4.69, 9.17) is 23.2 Å². The predicted molar refractivity (Wildman–Crippen MR) is 97.1 cm³/mol. The third kappa shape index (κ3) is 4.38. The van der Waals surface area contributed by atoms with E-state index in [1.807, 2.05) is 18.2 Å². The Bertz CT molecular complexity index is 703. The fourth-order valence-corrected chi connectivity index (χ4v) is 3.23. The molecule has 0 aliphatic carbocycles. The van der Waals surface area contributed by atoms with Gasteiger partial charge in [-0.1, -0.05) is 41.4 Å². The fraction of sp³-hybridized carbons (Fsp3) is 0.294. The van der Waals surface area contributed by atoms with Gasteiger partial charge in [0.15, 0.2) is 12.4 Å². The number of amides is 1. The Balaban J connectivity index is 1.50. The molecule has 126 valence electrons. The van der Waals surface area contributed by atoms with Gasteiger partial charge in [0.2, 0.25) is 0 Å². The van der Waals surface area contributed by atoms with Crippen molar-refractivity contribution in [1.82, 2.24) is 4.98 Å². The molecule has 0 radical (unpaired) electrons. The number of carbonyl (C=O) groups is 1. The van der Waals surface area contributed by atoms with E-state index in [1.165, 1.54) is 16.8 Å². The minimum atomic E-state index is -0.0881. The van der Waals surface area contributed by atoms with Gasteiger partial charge in [-0.2, -0.15) is 0 Å². The molecular formula is C17H19Cl2N4O+. The molecule has 1 aromatic carbocycles. The number of aromatic nitrogens is 1. The van der Waals surface area contributed by atoms with Crippen molar-refractivity contribution in [2.24, 2.45) is 0 Å². The summed E-state index contributed by atoms with van der Waals surface area (Å²) >= 11 is 11.8. The van der Waals surface area contributed by atoms with Crippen molar-refractivity contribution in [2.75, 3.05) is 42.9 Å². The third-order valence-electron chi connectivity index (χ3n) is 4.07. The van der Waals surface area contributed by atoms with Gasteiger partial charge in [0.05, 0.1) is 36.2 Å². The molecule has 2 aromatic rings. The van der Waals surface area contributed by atoms with Crippen molar-refractivity contribution in [3.05, 3.63) is 52.6 Å². The number of anilines is 2. The summed E-state index contributed by atoms with van der Waals surface area (Å²) < 4.78 is 0. The first-order valence-electron chi connectivity index (χ1n) is 7.86. The second-order valence-corrected chi connectivity index (χ2v) is 6.63. The van der Waals surface area contributed by atoms with Gasteiger partial charge in [0.1, 0.15) is 0 Å². The Morgan fingerprint density at radius 2 is 1.92 bits per heavy atom. The quantitative estimate of drug-likeness (QED) is 0.867. The highest BCUT2D eigenvalue weighted by atomic mass is 35.5. The van der Waals surface area contributed by atoms with Gasteiger partial charge in [-0.05, 0) is 18.2 Å². The molecule has 1 aliphatic heterocycles. The minimum Gasteiger partial charge on any atom is -0.360 e. The van der Waals surface area contributed by atoms with Gasteiger partial charge in [0.25, 0.3) is 5.91 Å². The molecule has 0 unspecified atom stereocenters. The van der Waals surface area contributed by atoms with Gasteiger partial charge in [-0.3, -0.25) is 4.79 Å². The molecule has 0 bridgehead atoms. The van der Waals surface area contributed by atoms with Crippen LogP contribution < -0.4 is 15.1 Å². The van der Waals surface area contributed by atoms with Crippen LogP contribution in [0.15, 0.2) is 42.6 Å². The molecule has 1 fully saturated rings. The topological polar surface area (TPSA) is 49.7 Å². The average Bonchev–Trinajstić information content (AvgIpc) is 2.59. The number of quaternary nitrogens is 1. The smallest absolute Gasteiger partial charge is 0.280 e. The van der Waals surface area contributed by atoms with Crippen LogP contribution in [-0.4, -0.2) is 43.6 Å². The maximum Gasteiger partial charge on any atom is 0.280 e. The number of hydrogen-bond donors (Lipinski definition) is 2. The summed E-state index contributed by atoms with van der Waals surface area (Å²) in [6, 6.07) is 11.9. The number of para-hydroxylation sites is 1. The number of benzene rings is 1. The number of hydrogen-bond acceptors (Lipinski definition) is 3. The largest absolute Gasteiger partial charge is 0.360 e. The van der Waals surface area contributed by atoms with Crippen LogP contribution >= 0.6 is 23.2 Å². The van der Waals surface area contributed by atoms with E-state index < -0.39 is 0 Å². The molecule has 5 nitrogen and oxygen atoms in total. The minimum absolute atomic E-state index is 0.0881. The van der Waals surface area contributed by atoms with Crippen LogP contribution in [0.4, 0.5) is 11.5 Å². The van der Waals surface area contributed by atoms with Crippen molar-refractivity contribution in [2.45, 2.75) is 0 Å². The number of carbonyl (C=O) groups excluding carboxylic acids is 1. The number of rotatable bonds is 4. The van der Waals surface area contributed by atoms with Gasteiger partial charge in [-0.25, -0.2) is 4.98 Å². The van der Waals surface area contributed by atoms with Crippen molar-refractivity contribution < 1.29 is 9.69 Å². The van der Waals surface area contributed by atoms with Gasteiger partial charge in [0, 0.05) is 11.9 Å². The zero-order valence-electron chi connectivity index (χ0n) is 13.1. The zero-order chi connectivity index (χ0) is 16.9. The Labute approximate surface area is 151 Å². The Hall–Kier alpha value is -1.82. The Morgan fingerprint density at radius 1 is 1.21 bits per heavy atom. The molecule has 7 heteroatoms. The second kappa shape index (κ2) is 7.83. The lowest BCUT2D eigenvalue weighted by atomic mass is 10.2. The van der Waals surface area contributed by atoms with Crippen LogP contribution in [0.25, 0.3) is 0 Å². The summed E-state index contributed by atoms with van der Waals surface area (Å²) in [6.45, 7) is 4.12. The first kappa shape index (κ1) is 17.0. The van der Waals surface area contributed by atoms with Crippen molar-refractivity contribution in [3.8, 4) is 0 Å². The number of halogens is 2. The zero-order valence-corrected chi connectivity index (χ0v) is 14.6. The highest BCUT2D eigenvalue weighted by Crippen LogP contribution is 2.22. The summed E-state index contributed by atoms with van der Waals surface area (Å²) in [5.41, 5.74) is 1.23. The van der Waals surface area contributed by atoms with Crippen LogP contribution in [0.5, 0.6) is 0 Å². The van der Waals surface area contributed by atoms with Gasteiger partial charge >= 0.3 is 0 Å². The van der Waals surface area contributed by atoms with Gasteiger partial charge < -0.3 is 15.1 Å². The first-order chi connectivity index (χ1) is 11.6. The average molecular weight is 366 g/mol. The fourth-order valence-electron chi connectivity index (χ4n) is 2.81. The molecule has 3 rings (SSSR count). The standard InChI is InChI=1S/C17H18Cl2N4O/c18-13-10-15(19)17(20-11-13)21-16(24)12-22-6-8-23(9-7-22)14-4-2-1-3-5-14/h1-5,10-11H,6-9,12H2,(H,20,21,24)/p+1. The van der Waals surface area contributed by atoms with Crippen molar-refractivity contribution >= 4 is 40.6 Å². The lowest BCUT2D eigenvalue weighted by Gasteiger charge is -2.33. The van der Waals surface area contributed by atoms with E-state index in [-0.39, 0.29) is 5.91 Å². The van der Waals surface area contributed by atoms with Crippen molar-refractivity contribution in [1.29, 1.82) is 0 Å². The second-order valence-electron chi connectivity index (χ2n) is 5.78. The van der Waals surface area contributed by atoms with E-state index in [2.05, 4.69) is 27.3 Å². The number of piperazine rings is 1. The number of nitrogens with one attached hydrogen (secondary N) is 2. The normalized spacial score (nSPS) is 15.3. The Kier molecular flexibility index (Phi) is 5.56. The molecular weight excluding hydrogens is 347 g/mol. The highest BCUT2D eigenvalue weighted by molar-refractivity contribution is 6.36. The van der Waals surface area contributed by atoms with E-state index >= 15 is 0 Å². The van der Waals surface area contributed by atoms with Crippen LogP contribution in [0.1, 0.15) is 0 Å². The summed E-state index contributed by atoms with van der Waals surface area (Å²) in [5, 5.41) is 3.54. The summed E-state index contributed by atoms with van der Waals surface area (Å²) in [6.07, 6.45) is 1.47. The first-order valence-corrected chi connectivity index (χ1v) is 8.62. The van der Waals surface area contributed by atoms with Gasteiger partial charge in [-0.15, -0.1) is 0 Å². The van der Waals surface area contributed by atoms with Crippen LogP contribution in [0.2, 0.25) is 10.0 Å². The van der Waals surface area contributed by atoms with Crippen LogP contribution in [-0.2, 0) is 4.79 Å². The molecule has 1 amide bonds. The number of nitrogens with zero attached hydrogens (tertiary/aromatic N) is 2. The summed E-state index contributed by atoms with van der Waals surface area (Å²) in [4.78, 5) is 19.8. The van der Waals surface area contributed by atoms with Crippen LogP contribution in [0, 0.1) is 0 Å². The molecule has 1 saturated heterocycles. The molecule has 2 heterocycles. The lowest BCUT2D eigenvalue weighted by molar-refractivity contribution is -0.892. The lowest BCUT2D eigenvalue weighted by Crippen LogP contribution is -3.15. The molecule has 1 aliphatic rings. The molecule has 0 saturated carbocycles. The molecule has 24 heavy (non-hydrogen) atoms. The monoisotopic (exact) mass is 365 g/mol. The highest BCUT2D eigenvalue weighted by Gasteiger charge is 2.22. The Morgan fingerprint density at radius 3 is 2.58 bits per heavy atom. The molecule has 1 aromatic heterocycles.